The van der Waals surface area contributed by atoms with Gasteiger partial charge >= 0.3 is 0 Å². The lowest BCUT2D eigenvalue weighted by molar-refractivity contribution is 0.138. The lowest BCUT2D eigenvalue weighted by Gasteiger charge is -2.36. The van der Waals surface area contributed by atoms with Gasteiger partial charge in [-0.2, -0.15) is 5.26 Å². The van der Waals surface area contributed by atoms with E-state index in [9.17, 15) is 4.39 Å². The molecule has 0 aromatic heterocycles. The molecule has 3 nitrogen and oxygen atoms in total. The summed E-state index contributed by atoms with van der Waals surface area (Å²) in [6.07, 6.45) is 1.89. The third-order valence-electron chi connectivity index (χ3n) is 3.60. The Morgan fingerprint density at radius 2 is 2.33 bits per heavy atom. The Morgan fingerprint density at radius 1 is 1.56 bits per heavy atom. The van der Waals surface area contributed by atoms with Crippen LogP contribution in [0.4, 0.5) is 4.39 Å². The van der Waals surface area contributed by atoms with E-state index in [2.05, 4.69) is 11.8 Å². The summed E-state index contributed by atoms with van der Waals surface area (Å²) in [7, 11) is 0. The minimum absolute atomic E-state index is 0.240. The molecule has 1 heterocycles. The van der Waals surface area contributed by atoms with Crippen LogP contribution in [0.1, 0.15) is 30.9 Å². The molecule has 1 saturated heterocycles. The monoisotopic (exact) mass is 247 g/mol. The van der Waals surface area contributed by atoms with Gasteiger partial charge in [0.15, 0.2) is 0 Å². The van der Waals surface area contributed by atoms with E-state index in [4.69, 9.17) is 11.0 Å². The smallest absolute Gasteiger partial charge is 0.127 e. The van der Waals surface area contributed by atoms with Crippen LogP contribution in [-0.4, -0.2) is 23.5 Å². The van der Waals surface area contributed by atoms with E-state index in [1.807, 2.05) is 6.07 Å². The van der Waals surface area contributed by atoms with Crippen molar-refractivity contribution in [2.75, 3.05) is 6.54 Å². The minimum Gasteiger partial charge on any atom is -0.328 e. The van der Waals surface area contributed by atoms with Crippen LogP contribution >= 0.6 is 0 Å². The van der Waals surface area contributed by atoms with E-state index in [-0.39, 0.29) is 11.9 Å². The lowest BCUT2D eigenvalue weighted by atomic mass is 9.98. The summed E-state index contributed by atoms with van der Waals surface area (Å²) >= 11 is 0. The molecule has 0 saturated carbocycles. The first-order chi connectivity index (χ1) is 8.60. The molecule has 4 heteroatoms. The van der Waals surface area contributed by atoms with E-state index in [1.54, 1.807) is 6.07 Å². The van der Waals surface area contributed by atoms with E-state index in [0.717, 1.165) is 19.4 Å². The molecule has 1 aromatic rings. The largest absolute Gasteiger partial charge is 0.328 e. The Kier molecular flexibility index (Phi) is 3.95. The van der Waals surface area contributed by atoms with Crippen molar-refractivity contribution in [1.82, 2.24) is 4.90 Å². The van der Waals surface area contributed by atoms with Crippen molar-refractivity contribution in [1.29, 1.82) is 5.26 Å². The van der Waals surface area contributed by atoms with Gasteiger partial charge in [0, 0.05) is 30.7 Å². The first-order valence-corrected chi connectivity index (χ1v) is 6.28. The number of benzene rings is 1. The molecular formula is C14H18FN3. The summed E-state index contributed by atoms with van der Waals surface area (Å²) < 4.78 is 13.7. The highest BCUT2D eigenvalue weighted by Gasteiger charge is 2.23. The Balaban J connectivity index is 2.12. The number of nitriles is 1. The second kappa shape index (κ2) is 5.47. The van der Waals surface area contributed by atoms with Crippen molar-refractivity contribution in [2.24, 2.45) is 5.73 Å². The average Bonchev–Trinajstić information content (AvgIpc) is 2.35. The molecule has 0 bridgehead atoms. The van der Waals surface area contributed by atoms with Gasteiger partial charge in [-0.15, -0.1) is 0 Å². The molecule has 2 unspecified atom stereocenters. The van der Waals surface area contributed by atoms with Crippen LogP contribution in [0.2, 0.25) is 0 Å². The van der Waals surface area contributed by atoms with Gasteiger partial charge in [0.2, 0.25) is 0 Å². The third-order valence-corrected chi connectivity index (χ3v) is 3.60. The van der Waals surface area contributed by atoms with E-state index in [0.29, 0.717) is 23.7 Å². The van der Waals surface area contributed by atoms with E-state index >= 15 is 0 Å². The molecular weight excluding hydrogens is 229 g/mol. The zero-order valence-corrected chi connectivity index (χ0v) is 10.6. The molecule has 2 atom stereocenters. The summed E-state index contributed by atoms with van der Waals surface area (Å²) in [4.78, 5) is 2.23. The Labute approximate surface area is 107 Å². The van der Waals surface area contributed by atoms with Gasteiger partial charge in [0.1, 0.15) is 5.82 Å². The molecule has 1 fully saturated rings. The molecule has 0 radical (unpaired) electrons. The summed E-state index contributed by atoms with van der Waals surface area (Å²) in [6, 6.07) is 7.17. The quantitative estimate of drug-likeness (QED) is 0.869. The zero-order valence-electron chi connectivity index (χ0n) is 10.6. The Hall–Kier alpha value is -1.44. The summed E-state index contributed by atoms with van der Waals surface area (Å²) in [5, 5.41) is 8.84. The van der Waals surface area contributed by atoms with Crippen LogP contribution < -0.4 is 5.73 Å². The number of halogens is 1. The molecule has 0 amide bonds. The number of piperidine rings is 1. The van der Waals surface area contributed by atoms with E-state index in [1.165, 1.54) is 12.1 Å². The predicted molar refractivity (Wildman–Crippen MR) is 68.2 cm³/mol. The number of likely N-dealkylation sites (tertiary alicyclic amines) is 1. The molecule has 18 heavy (non-hydrogen) atoms. The van der Waals surface area contributed by atoms with Gasteiger partial charge in [-0.25, -0.2) is 4.39 Å². The van der Waals surface area contributed by atoms with Crippen LogP contribution in [-0.2, 0) is 6.54 Å². The van der Waals surface area contributed by atoms with Crippen molar-refractivity contribution >= 4 is 0 Å². The van der Waals surface area contributed by atoms with Crippen LogP contribution in [0.25, 0.3) is 0 Å². The molecule has 96 valence electrons. The molecule has 1 aliphatic rings. The van der Waals surface area contributed by atoms with Crippen molar-refractivity contribution in [2.45, 2.75) is 38.4 Å². The zero-order chi connectivity index (χ0) is 13.1. The van der Waals surface area contributed by atoms with Gasteiger partial charge in [-0.1, -0.05) is 0 Å². The lowest BCUT2D eigenvalue weighted by Crippen LogP contribution is -2.45. The van der Waals surface area contributed by atoms with Crippen LogP contribution in [0, 0.1) is 17.1 Å². The number of rotatable bonds is 2. The SMILES string of the molecule is CC1CC(N)CCN1Cc1cc(C#N)ccc1F. The van der Waals surface area contributed by atoms with Gasteiger partial charge in [-0.3, -0.25) is 4.90 Å². The highest BCUT2D eigenvalue weighted by molar-refractivity contribution is 5.33. The summed E-state index contributed by atoms with van der Waals surface area (Å²) in [5.41, 5.74) is 7.01. The van der Waals surface area contributed by atoms with E-state index < -0.39 is 0 Å². The molecule has 2 rings (SSSR count). The number of hydrogen-bond donors (Lipinski definition) is 1. The third kappa shape index (κ3) is 2.87. The van der Waals surface area contributed by atoms with Gasteiger partial charge in [-0.05, 0) is 38.0 Å². The van der Waals surface area contributed by atoms with Crippen molar-refractivity contribution < 1.29 is 4.39 Å². The molecule has 0 aliphatic carbocycles. The standard InChI is InChI=1S/C14H18FN3/c1-10-6-13(17)4-5-18(10)9-12-7-11(8-16)2-3-14(12)15/h2-3,7,10,13H,4-6,9,17H2,1H3. The first kappa shape index (κ1) is 13.0. The Bertz CT molecular complexity index is 467. The average molecular weight is 247 g/mol. The topological polar surface area (TPSA) is 53.0 Å². The molecule has 1 aromatic carbocycles. The number of hydrogen-bond acceptors (Lipinski definition) is 3. The van der Waals surface area contributed by atoms with Gasteiger partial charge in [0.25, 0.3) is 0 Å². The van der Waals surface area contributed by atoms with Crippen molar-refractivity contribution in [3.8, 4) is 6.07 Å². The maximum Gasteiger partial charge on any atom is 0.127 e. The molecule has 1 aliphatic heterocycles. The fourth-order valence-corrected chi connectivity index (χ4v) is 2.48. The fourth-order valence-electron chi connectivity index (χ4n) is 2.48. The van der Waals surface area contributed by atoms with Gasteiger partial charge < -0.3 is 5.73 Å². The maximum atomic E-state index is 13.7. The fraction of sp³-hybridized carbons (Fsp3) is 0.500. The molecule has 2 N–H and O–H groups in total. The highest BCUT2D eigenvalue weighted by Crippen LogP contribution is 2.20. The number of nitrogens with zero attached hydrogens (tertiary/aromatic N) is 2. The minimum atomic E-state index is -0.240. The first-order valence-electron chi connectivity index (χ1n) is 6.28. The Morgan fingerprint density at radius 3 is 3.00 bits per heavy atom. The predicted octanol–water partition coefficient (Wildman–Crippen LogP) is 2.01. The van der Waals surface area contributed by atoms with Crippen LogP contribution in [0.15, 0.2) is 18.2 Å². The van der Waals surface area contributed by atoms with Crippen LogP contribution in [0.3, 0.4) is 0 Å². The normalized spacial score (nSPS) is 24.8. The summed E-state index contributed by atoms with van der Waals surface area (Å²) in [6.45, 7) is 3.55. The second-order valence-electron chi connectivity index (χ2n) is 5.02. The van der Waals surface area contributed by atoms with Crippen LogP contribution in [0.5, 0.6) is 0 Å². The maximum absolute atomic E-state index is 13.7. The van der Waals surface area contributed by atoms with Gasteiger partial charge in [0.05, 0.1) is 11.6 Å². The van der Waals surface area contributed by atoms with Crippen molar-refractivity contribution in [3.05, 3.63) is 35.1 Å². The highest BCUT2D eigenvalue weighted by atomic mass is 19.1. The van der Waals surface area contributed by atoms with Crippen molar-refractivity contribution in [3.63, 3.8) is 0 Å². The number of nitrogens with two attached hydrogens (primary N) is 1. The second-order valence-corrected chi connectivity index (χ2v) is 5.02. The summed E-state index contributed by atoms with van der Waals surface area (Å²) in [5.74, 6) is -0.240. The molecule has 0 spiro atoms.